The maximum Gasteiger partial charge on any atom is 0.0609 e. The van der Waals surface area contributed by atoms with Gasteiger partial charge in [-0.3, -0.25) is 0 Å². The number of benzene rings is 2. The van der Waals surface area contributed by atoms with E-state index in [9.17, 15) is 0 Å². The molecule has 0 saturated carbocycles. The molecular weight excluding hydrogens is 394 g/mol. The van der Waals surface area contributed by atoms with Crippen LogP contribution in [0.2, 0.25) is 10.0 Å². The largest absolute Gasteiger partial charge is 0.306 e. The molecule has 2 rings (SSSR count). The van der Waals surface area contributed by atoms with E-state index in [1.54, 1.807) is 6.21 Å². The average Bonchev–Trinajstić information content (AvgIpc) is 2.39. The third-order valence-corrected chi connectivity index (χ3v) is 4.21. The molecule has 0 heterocycles. The molecule has 0 bridgehead atoms. The van der Waals surface area contributed by atoms with Crippen molar-refractivity contribution in [2.45, 2.75) is 6.54 Å². The van der Waals surface area contributed by atoms with Gasteiger partial charge in [0.25, 0.3) is 0 Å². The average molecular weight is 405 g/mol. The van der Waals surface area contributed by atoms with Crippen LogP contribution in [0.3, 0.4) is 0 Å². The molecule has 98 valence electrons. The van der Waals surface area contributed by atoms with Crippen LogP contribution >= 0.6 is 45.8 Å². The maximum absolute atomic E-state index is 6.07. The third-order valence-electron chi connectivity index (χ3n) is 2.52. The molecule has 2 nitrogen and oxygen atoms in total. The molecule has 0 amide bonds. The lowest BCUT2D eigenvalue weighted by Gasteiger charge is -2.06. The maximum atomic E-state index is 6.07. The van der Waals surface area contributed by atoms with Crippen LogP contribution in [0.25, 0.3) is 0 Å². The Labute approximate surface area is 136 Å². The summed E-state index contributed by atoms with van der Waals surface area (Å²) in [5, 5.41) is 5.47. The fourth-order valence-corrected chi connectivity index (χ4v) is 2.58. The number of hydrogen-bond donors (Lipinski definition) is 1. The lowest BCUT2D eigenvalue weighted by molar-refractivity contribution is 0.748. The van der Waals surface area contributed by atoms with Gasteiger partial charge in [-0.2, -0.15) is 5.10 Å². The molecule has 0 aliphatic heterocycles. The van der Waals surface area contributed by atoms with E-state index in [1.165, 1.54) is 0 Å². The second kappa shape index (κ2) is 7.12. The SMILES string of the molecule is Clc1cccc(Cl)c1CN/N=C/c1ccccc1I. The molecule has 0 fully saturated rings. The van der Waals surface area contributed by atoms with Crippen molar-refractivity contribution in [3.8, 4) is 0 Å². The van der Waals surface area contributed by atoms with Gasteiger partial charge in [0.05, 0.1) is 12.8 Å². The van der Waals surface area contributed by atoms with Gasteiger partial charge in [-0.05, 0) is 40.8 Å². The van der Waals surface area contributed by atoms with Gasteiger partial charge >= 0.3 is 0 Å². The zero-order chi connectivity index (χ0) is 13.7. The van der Waals surface area contributed by atoms with Crippen molar-refractivity contribution in [2.24, 2.45) is 5.10 Å². The van der Waals surface area contributed by atoms with Gasteiger partial charge in [-0.1, -0.05) is 47.5 Å². The second-order valence-electron chi connectivity index (χ2n) is 3.81. The van der Waals surface area contributed by atoms with Crippen molar-refractivity contribution in [3.05, 3.63) is 67.2 Å². The molecule has 5 heteroatoms. The van der Waals surface area contributed by atoms with Crippen LogP contribution in [0.5, 0.6) is 0 Å². The number of hydrogen-bond acceptors (Lipinski definition) is 2. The van der Waals surface area contributed by atoms with E-state index < -0.39 is 0 Å². The van der Waals surface area contributed by atoms with Gasteiger partial charge in [0.15, 0.2) is 0 Å². The first kappa shape index (κ1) is 14.6. The number of rotatable bonds is 4. The smallest absolute Gasteiger partial charge is 0.0609 e. The van der Waals surface area contributed by atoms with Crippen LogP contribution in [-0.4, -0.2) is 6.21 Å². The molecule has 0 atom stereocenters. The van der Waals surface area contributed by atoms with E-state index >= 15 is 0 Å². The topological polar surface area (TPSA) is 24.4 Å². The van der Waals surface area contributed by atoms with Crippen molar-refractivity contribution < 1.29 is 0 Å². The molecule has 0 aliphatic rings. The van der Waals surface area contributed by atoms with E-state index in [0.717, 1.165) is 14.7 Å². The zero-order valence-corrected chi connectivity index (χ0v) is 13.6. The van der Waals surface area contributed by atoms with E-state index in [-0.39, 0.29) is 0 Å². The Hall–Kier alpha value is -0.780. The van der Waals surface area contributed by atoms with Gasteiger partial charge in [-0.15, -0.1) is 0 Å². The Balaban J connectivity index is 1.99. The third kappa shape index (κ3) is 4.09. The van der Waals surface area contributed by atoms with Gasteiger partial charge < -0.3 is 5.43 Å². The highest BCUT2D eigenvalue weighted by Gasteiger charge is 2.03. The molecule has 0 unspecified atom stereocenters. The van der Waals surface area contributed by atoms with E-state index in [0.29, 0.717) is 16.6 Å². The first-order chi connectivity index (χ1) is 9.18. The van der Waals surface area contributed by atoms with Crippen LogP contribution in [0, 0.1) is 3.57 Å². The summed E-state index contributed by atoms with van der Waals surface area (Å²) in [6.07, 6.45) is 1.78. The molecule has 0 aromatic heterocycles. The minimum Gasteiger partial charge on any atom is -0.306 e. The summed E-state index contributed by atoms with van der Waals surface area (Å²) in [5.74, 6) is 0. The zero-order valence-electron chi connectivity index (χ0n) is 9.91. The summed E-state index contributed by atoms with van der Waals surface area (Å²) in [7, 11) is 0. The second-order valence-corrected chi connectivity index (χ2v) is 5.79. The molecule has 0 saturated heterocycles. The van der Waals surface area contributed by atoms with Gasteiger partial charge in [0.2, 0.25) is 0 Å². The minimum absolute atomic E-state index is 0.498. The molecule has 1 N–H and O–H groups in total. The highest BCUT2D eigenvalue weighted by atomic mass is 127. The quantitative estimate of drug-likeness (QED) is 0.445. The van der Waals surface area contributed by atoms with Crippen molar-refractivity contribution in [1.29, 1.82) is 0 Å². The number of halogens is 3. The Bertz CT molecular complexity index is 579. The van der Waals surface area contributed by atoms with Gasteiger partial charge in [0, 0.05) is 24.7 Å². The van der Waals surface area contributed by atoms with Crippen molar-refractivity contribution in [1.82, 2.24) is 5.43 Å². The van der Waals surface area contributed by atoms with Gasteiger partial charge in [-0.25, -0.2) is 0 Å². The molecule has 2 aromatic carbocycles. The van der Waals surface area contributed by atoms with E-state index in [2.05, 4.69) is 33.1 Å². The molecule has 19 heavy (non-hydrogen) atoms. The predicted molar refractivity (Wildman–Crippen MR) is 90.1 cm³/mol. The highest BCUT2D eigenvalue weighted by molar-refractivity contribution is 14.1. The normalized spacial score (nSPS) is 10.9. The molecule has 2 aromatic rings. The van der Waals surface area contributed by atoms with Crippen LogP contribution in [0.15, 0.2) is 47.6 Å². The number of hydrazone groups is 1. The first-order valence-corrected chi connectivity index (χ1v) is 7.45. The number of nitrogens with one attached hydrogen (secondary N) is 1. The lowest BCUT2D eigenvalue weighted by Crippen LogP contribution is -2.06. The number of nitrogens with zero attached hydrogens (tertiary/aromatic N) is 1. The van der Waals surface area contributed by atoms with Crippen molar-refractivity contribution in [2.75, 3.05) is 0 Å². The molecule has 0 aliphatic carbocycles. The Morgan fingerprint density at radius 1 is 1.05 bits per heavy atom. The summed E-state index contributed by atoms with van der Waals surface area (Å²) in [6.45, 7) is 0.498. The summed E-state index contributed by atoms with van der Waals surface area (Å²) in [5.41, 5.74) is 4.88. The monoisotopic (exact) mass is 404 g/mol. The predicted octanol–water partition coefficient (Wildman–Crippen LogP) is 4.72. The fourth-order valence-electron chi connectivity index (χ4n) is 1.52. The summed E-state index contributed by atoms with van der Waals surface area (Å²) < 4.78 is 1.15. The Morgan fingerprint density at radius 3 is 2.42 bits per heavy atom. The van der Waals surface area contributed by atoms with E-state index in [1.807, 2.05) is 42.5 Å². The molecular formula is C14H11Cl2IN2. The first-order valence-electron chi connectivity index (χ1n) is 5.62. The molecule has 0 radical (unpaired) electrons. The fraction of sp³-hybridized carbons (Fsp3) is 0.0714. The van der Waals surface area contributed by atoms with Crippen LogP contribution in [0.1, 0.15) is 11.1 Å². The lowest BCUT2D eigenvalue weighted by atomic mass is 10.2. The summed E-state index contributed by atoms with van der Waals surface area (Å²) in [6, 6.07) is 13.5. The van der Waals surface area contributed by atoms with Crippen LogP contribution < -0.4 is 5.43 Å². The minimum atomic E-state index is 0.498. The summed E-state index contributed by atoms with van der Waals surface area (Å²) >= 11 is 14.4. The Morgan fingerprint density at radius 2 is 1.74 bits per heavy atom. The standard InChI is InChI=1S/C14H11Cl2IN2/c15-12-5-3-6-13(16)11(12)9-19-18-8-10-4-1-2-7-14(10)17/h1-8,19H,9H2/b18-8+. The van der Waals surface area contributed by atoms with Crippen molar-refractivity contribution in [3.63, 3.8) is 0 Å². The highest BCUT2D eigenvalue weighted by Crippen LogP contribution is 2.23. The van der Waals surface area contributed by atoms with Crippen LogP contribution in [0.4, 0.5) is 0 Å². The Kier molecular flexibility index (Phi) is 5.48. The summed E-state index contributed by atoms with van der Waals surface area (Å²) in [4.78, 5) is 0. The van der Waals surface area contributed by atoms with Gasteiger partial charge in [0.1, 0.15) is 0 Å². The van der Waals surface area contributed by atoms with Crippen LogP contribution in [-0.2, 0) is 6.54 Å². The molecule has 0 spiro atoms. The van der Waals surface area contributed by atoms with E-state index in [4.69, 9.17) is 23.2 Å². The van der Waals surface area contributed by atoms with Crippen molar-refractivity contribution >= 4 is 52.0 Å².